The highest BCUT2D eigenvalue weighted by Gasteiger charge is 2.28. The standard InChI is InChI=1S/C16H21N5O3/c1-4-11(2)20(10-14(22)23)16(24)12(3)21-18-15(17-19-21)13-8-6-5-7-9-13/h5-9,11-12H,4,10H2,1-3H3,(H,22,23). The minimum Gasteiger partial charge on any atom is -0.480 e. The molecule has 1 N–H and O–H groups in total. The predicted molar refractivity (Wildman–Crippen MR) is 87.1 cm³/mol. The molecule has 0 aliphatic rings. The molecule has 2 rings (SSSR count). The van der Waals surface area contributed by atoms with E-state index in [9.17, 15) is 9.59 Å². The number of carbonyl (C=O) groups excluding carboxylic acids is 1. The van der Waals surface area contributed by atoms with Gasteiger partial charge in [-0.3, -0.25) is 9.59 Å². The topological polar surface area (TPSA) is 101 Å². The van der Waals surface area contributed by atoms with E-state index >= 15 is 0 Å². The first-order valence-corrected chi connectivity index (χ1v) is 7.81. The van der Waals surface area contributed by atoms with Crippen LogP contribution in [-0.2, 0) is 9.59 Å². The van der Waals surface area contributed by atoms with Gasteiger partial charge in [0.1, 0.15) is 12.6 Å². The summed E-state index contributed by atoms with van der Waals surface area (Å²) in [6, 6.07) is 8.39. The van der Waals surface area contributed by atoms with Crippen molar-refractivity contribution in [2.24, 2.45) is 0 Å². The van der Waals surface area contributed by atoms with Crippen LogP contribution in [0.25, 0.3) is 11.4 Å². The summed E-state index contributed by atoms with van der Waals surface area (Å²) in [5, 5.41) is 21.2. The van der Waals surface area contributed by atoms with Crippen LogP contribution in [0.4, 0.5) is 0 Å². The molecule has 0 saturated carbocycles. The molecule has 8 heteroatoms. The number of hydrogen-bond donors (Lipinski definition) is 1. The SMILES string of the molecule is CCC(C)N(CC(=O)O)C(=O)C(C)n1nnc(-c2ccccc2)n1. The van der Waals surface area contributed by atoms with Crippen molar-refractivity contribution in [1.29, 1.82) is 0 Å². The number of carboxylic acid groups (broad SMARTS) is 1. The van der Waals surface area contributed by atoms with Crippen molar-refractivity contribution in [2.45, 2.75) is 39.3 Å². The first-order chi connectivity index (χ1) is 11.4. The van der Waals surface area contributed by atoms with Crippen molar-refractivity contribution in [3.63, 3.8) is 0 Å². The Bertz CT molecular complexity index is 701. The lowest BCUT2D eigenvalue weighted by molar-refractivity contribution is -0.147. The summed E-state index contributed by atoms with van der Waals surface area (Å²) in [6.07, 6.45) is 0.659. The molecule has 1 heterocycles. The molecule has 0 fully saturated rings. The van der Waals surface area contributed by atoms with Crippen LogP contribution in [0.1, 0.15) is 33.2 Å². The average molecular weight is 331 g/mol. The maximum absolute atomic E-state index is 12.7. The fourth-order valence-electron chi connectivity index (χ4n) is 2.25. The Hall–Kier alpha value is -2.77. The number of nitrogens with zero attached hydrogens (tertiary/aromatic N) is 5. The van der Waals surface area contributed by atoms with Gasteiger partial charge in [0.15, 0.2) is 0 Å². The van der Waals surface area contributed by atoms with Gasteiger partial charge < -0.3 is 10.0 Å². The molecule has 128 valence electrons. The molecule has 2 aromatic rings. The van der Waals surface area contributed by atoms with Gasteiger partial charge in [0.2, 0.25) is 11.7 Å². The number of hydrogen-bond acceptors (Lipinski definition) is 5. The van der Waals surface area contributed by atoms with E-state index in [0.717, 1.165) is 5.56 Å². The smallest absolute Gasteiger partial charge is 0.323 e. The van der Waals surface area contributed by atoms with E-state index in [1.54, 1.807) is 6.92 Å². The summed E-state index contributed by atoms with van der Waals surface area (Å²) in [5.41, 5.74) is 0.799. The van der Waals surface area contributed by atoms with Crippen LogP contribution < -0.4 is 0 Å². The molecule has 0 bridgehead atoms. The maximum atomic E-state index is 12.7. The van der Waals surface area contributed by atoms with E-state index in [-0.39, 0.29) is 18.5 Å². The number of aromatic nitrogens is 4. The van der Waals surface area contributed by atoms with E-state index in [0.29, 0.717) is 12.2 Å². The van der Waals surface area contributed by atoms with Crippen LogP contribution in [0.2, 0.25) is 0 Å². The fraction of sp³-hybridized carbons (Fsp3) is 0.438. The number of carboxylic acids is 1. The second-order valence-corrected chi connectivity index (χ2v) is 5.59. The molecule has 1 amide bonds. The third-order valence-electron chi connectivity index (χ3n) is 3.88. The summed E-state index contributed by atoms with van der Waals surface area (Å²) in [5.74, 6) is -0.972. The Balaban J connectivity index is 2.20. The third kappa shape index (κ3) is 3.95. The number of tetrazole rings is 1. The highest BCUT2D eigenvalue weighted by molar-refractivity contribution is 5.84. The molecule has 1 aromatic heterocycles. The highest BCUT2D eigenvalue weighted by Crippen LogP contribution is 2.16. The van der Waals surface area contributed by atoms with Gasteiger partial charge in [-0.1, -0.05) is 37.3 Å². The van der Waals surface area contributed by atoms with Gasteiger partial charge in [-0.15, -0.1) is 10.2 Å². The Kier molecular flexibility index (Phi) is 5.62. The van der Waals surface area contributed by atoms with Crippen LogP contribution in [0, 0.1) is 0 Å². The maximum Gasteiger partial charge on any atom is 0.323 e. The van der Waals surface area contributed by atoms with Gasteiger partial charge in [0.25, 0.3) is 0 Å². The van der Waals surface area contributed by atoms with Gasteiger partial charge in [-0.2, -0.15) is 4.80 Å². The number of aliphatic carboxylic acids is 1. The van der Waals surface area contributed by atoms with Crippen molar-refractivity contribution in [2.75, 3.05) is 6.54 Å². The van der Waals surface area contributed by atoms with Crippen molar-refractivity contribution < 1.29 is 14.7 Å². The number of rotatable bonds is 7. The minimum absolute atomic E-state index is 0.187. The molecule has 2 atom stereocenters. The van der Waals surface area contributed by atoms with Gasteiger partial charge >= 0.3 is 5.97 Å². The van der Waals surface area contributed by atoms with E-state index in [1.807, 2.05) is 44.2 Å². The Labute approximate surface area is 140 Å². The van der Waals surface area contributed by atoms with Crippen LogP contribution in [0.15, 0.2) is 30.3 Å². The predicted octanol–water partition coefficient (Wildman–Crippen LogP) is 1.61. The molecule has 0 aliphatic heterocycles. The summed E-state index contributed by atoms with van der Waals surface area (Å²) in [7, 11) is 0. The zero-order valence-electron chi connectivity index (χ0n) is 14.0. The highest BCUT2D eigenvalue weighted by atomic mass is 16.4. The molecule has 0 spiro atoms. The lowest BCUT2D eigenvalue weighted by Crippen LogP contribution is -2.45. The van der Waals surface area contributed by atoms with Crippen LogP contribution in [0.5, 0.6) is 0 Å². The third-order valence-corrected chi connectivity index (χ3v) is 3.88. The summed E-state index contributed by atoms with van der Waals surface area (Å²) >= 11 is 0. The first-order valence-electron chi connectivity index (χ1n) is 7.81. The number of amides is 1. The lowest BCUT2D eigenvalue weighted by Gasteiger charge is -2.28. The molecule has 1 aromatic carbocycles. The molecular weight excluding hydrogens is 310 g/mol. The van der Waals surface area contributed by atoms with Crippen LogP contribution >= 0.6 is 0 Å². The largest absolute Gasteiger partial charge is 0.480 e. The number of benzene rings is 1. The van der Waals surface area contributed by atoms with Gasteiger partial charge in [0, 0.05) is 11.6 Å². The molecule has 8 nitrogen and oxygen atoms in total. The summed E-state index contributed by atoms with van der Waals surface area (Å²) < 4.78 is 0. The second-order valence-electron chi connectivity index (χ2n) is 5.59. The molecule has 0 aliphatic carbocycles. The van der Waals surface area contributed by atoms with Gasteiger partial charge in [0.05, 0.1) is 0 Å². The van der Waals surface area contributed by atoms with E-state index in [4.69, 9.17) is 5.11 Å². The van der Waals surface area contributed by atoms with Crippen molar-refractivity contribution in [3.8, 4) is 11.4 Å². The van der Waals surface area contributed by atoms with Crippen LogP contribution in [0.3, 0.4) is 0 Å². The quantitative estimate of drug-likeness (QED) is 0.827. The zero-order chi connectivity index (χ0) is 17.7. The first kappa shape index (κ1) is 17.6. The molecule has 0 saturated heterocycles. The molecule has 24 heavy (non-hydrogen) atoms. The van der Waals surface area contributed by atoms with E-state index < -0.39 is 12.0 Å². The van der Waals surface area contributed by atoms with Crippen molar-refractivity contribution in [3.05, 3.63) is 30.3 Å². The summed E-state index contributed by atoms with van der Waals surface area (Å²) in [4.78, 5) is 26.3. The number of carbonyl (C=O) groups is 2. The Morgan fingerprint density at radius 1 is 1.25 bits per heavy atom. The Morgan fingerprint density at radius 3 is 2.50 bits per heavy atom. The van der Waals surface area contributed by atoms with Crippen molar-refractivity contribution >= 4 is 11.9 Å². The monoisotopic (exact) mass is 331 g/mol. The minimum atomic E-state index is -1.05. The van der Waals surface area contributed by atoms with Gasteiger partial charge in [-0.25, -0.2) is 0 Å². The van der Waals surface area contributed by atoms with Crippen molar-refractivity contribution in [1.82, 2.24) is 25.1 Å². The normalized spacial score (nSPS) is 13.3. The Morgan fingerprint density at radius 2 is 1.92 bits per heavy atom. The zero-order valence-corrected chi connectivity index (χ0v) is 14.0. The van der Waals surface area contributed by atoms with E-state index in [2.05, 4.69) is 15.4 Å². The lowest BCUT2D eigenvalue weighted by atomic mass is 10.2. The second kappa shape index (κ2) is 7.67. The fourth-order valence-corrected chi connectivity index (χ4v) is 2.25. The molecule has 2 unspecified atom stereocenters. The summed E-state index contributed by atoms with van der Waals surface area (Å²) in [6.45, 7) is 5.00. The average Bonchev–Trinajstić information content (AvgIpc) is 3.08. The van der Waals surface area contributed by atoms with E-state index in [1.165, 1.54) is 9.70 Å². The van der Waals surface area contributed by atoms with Crippen LogP contribution in [-0.4, -0.2) is 54.7 Å². The molecular formula is C16H21N5O3. The molecule has 0 radical (unpaired) electrons. The van der Waals surface area contributed by atoms with Gasteiger partial charge in [-0.05, 0) is 25.5 Å².